The van der Waals surface area contributed by atoms with Gasteiger partial charge in [0.1, 0.15) is 5.76 Å². The lowest BCUT2D eigenvalue weighted by Crippen LogP contribution is -2.33. The molecule has 0 aliphatic rings. The number of fused-ring (bicyclic) bond motifs is 1. The third kappa shape index (κ3) is 6.12. The Kier molecular flexibility index (Phi) is 9.25. The second kappa shape index (κ2) is 12.4. The van der Waals surface area contributed by atoms with E-state index in [-0.39, 0.29) is 17.3 Å². The first-order valence-corrected chi connectivity index (χ1v) is 15.4. The first-order valence-electron chi connectivity index (χ1n) is 12.8. The average molecular weight is 574 g/mol. The molecule has 1 amide bonds. The quantitative estimate of drug-likeness (QED) is 0.178. The molecule has 0 unspecified atom stereocenters. The summed E-state index contributed by atoms with van der Waals surface area (Å²) in [5.41, 5.74) is 2.06. The van der Waals surface area contributed by atoms with Gasteiger partial charge in [0.05, 0.1) is 32.9 Å². The molecule has 2 aromatic heterocycles. The van der Waals surface area contributed by atoms with Crippen LogP contribution in [-0.2, 0) is 16.6 Å². The number of carbonyl (C=O) groups excluding carboxylic acids is 1. The van der Waals surface area contributed by atoms with Gasteiger partial charge in [0.2, 0.25) is 10.0 Å². The maximum Gasteiger partial charge on any atom is 0.260 e. The number of carbonyl (C=O) groups is 1. The van der Waals surface area contributed by atoms with Crippen molar-refractivity contribution >= 4 is 54.2 Å². The third-order valence-corrected chi connectivity index (χ3v) is 9.77. The number of amides is 1. The maximum atomic E-state index is 13.8. The van der Waals surface area contributed by atoms with Gasteiger partial charge in [-0.2, -0.15) is 4.31 Å². The van der Waals surface area contributed by atoms with Crippen molar-refractivity contribution in [3.05, 3.63) is 76.7 Å². The van der Waals surface area contributed by atoms with Gasteiger partial charge in [0, 0.05) is 18.7 Å². The largest absolute Gasteiger partial charge is 0.467 e. The number of nitrogens with zero attached hydrogens (tertiary/aromatic N) is 3. The number of benzene rings is 2. The fourth-order valence-corrected chi connectivity index (χ4v) is 6.92. The lowest BCUT2D eigenvalue weighted by Gasteiger charge is -2.22. The number of sulfonamides is 1. The van der Waals surface area contributed by atoms with Crippen LogP contribution in [0, 0.1) is 6.92 Å². The second-order valence-electron chi connectivity index (χ2n) is 9.14. The van der Waals surface area contributed by atoms with E-state index < -0.39 is 10.0 Å². The summed E-state index contributed by atoms with van der Waals surface area (Å²) in [4.78, 5) is 20.2. The molecular weight excluding hydrogens is 542 g/mol. The standard InChI is InChI=1S/C28H32ClN3O4S2/c1-4-6-16-31(17-7-5-2)38(34,35)23-13-11-21(12-14-23)27(33)32(19-22-9-8-18-36-22)28-30-25-20(3)10-15-24(29)26(25)37-28/h8-15,18H,4-7,16-17,19H2,1-3H3. The van der Waals surface area contributed by atoms with Gasteiger partial charge in [-0.05, 0) is 67.8 Å². The summed E-state index contributed by atoms with van der Waals surface area (Å²) in [6.45, 7) is 7.17. The number of unbranched alkanes of at least 4 members (excludes halogenated alkanes) is 2. The molecule has 0 aliphatic heterocycles. The molecule has 0 fully saturated rings. The van der Waals surface area contributed by atoms with Crippen molar-refractivity contribution < 1.29 is 17.6 Å². The fraction of sp³-hybridized carbons (Fsp3) is 0.357. The lowest BCUT2D eigenvalue weighted by molar-refractivity contribution is 0.0983. The van der Waals surface area contributed by atoms with Crippen LogP contribution in [0.15, 0.2) is 64.1 Å². The summed E-state index contributed by atoms with van der Waals surface area (Å²) in [6.07, 6.45) is 4.97. The first-order chi connectivity index (χ1) is 18.3. The maximum absolute atomic E-state index is 13.8. The van der Waals surface area contributed by atoms with Crippen molar-refractivity contribution in [1.82, 2.24) is 9.29 Å². The number of aromatic nitrogens is 1. The Morgan fingerprint density at radius 2 is 1.71 bits per heavy atom. The Balaban J connectivity index is 1.66. The molecule has 4 aromatic rings. The number of thiazole rings is 1. The van der Waals surface area contributed by atoms with Crippen molar-refractivity contribution in [2.75, 3.05) is 18.0 Å². The molecule has 2 aromatic carbocycles. The Bertz CT molecular complexity index is 1440. The number of hydrogen-bond donors (Lipinski definition) is 0. The SMILES string of the molecule is CCCCN(CCCC)S(=O)(=O)c1ccc(C(=O)N(Cc2ccco2)c2nc3c(C)ccc(Cl)c3s2)cc1. The van der Waals surface area contributed by atoms with Crippen LogP contribution in [0.1, 0.15) is 61.2 Å². The molecule has 38 heavy (non-hydrogen) atoms. The van der Waals surface area contributed by atoms with E-state index in [9.17, 15) is 13.2 Å². The molecular formula is C28H32ClN3O4S2. The van der Waals surface area contributed by atoms with Gasteiger partial charge >= 0.3 is 0 Å². The smallest absolute Gasteiger partial charge is 0.260 e. The minimum atomic E-state index is -3.66. The number of aryl methyl sites for hydroxylation is 1. The van der Waals surface area contributed by atoms with Crippen molar-refractivity contribution in [2.24, 2.45) is 0 Å². The monoisotopic (exact) mass is 573 g/mol. The van der Waals surface area contributed by atoms with Gasteiger partial charge in [0.25, 0.3) is 5.91 Å². The molecule has 0 N–H and O–H groups in total. The van der Waals surface area contributed by atoms with Gasteiger partial charge in [-0.3, -0.25) is 9.69 Å². The van der Waals surface area contributed by atoms with E-state index in [1.54, 1.807) is 34.8 Å². The van der Waals surface area contributed by atoms with E-state index in [0.717, 1.165) is 41.5 Å². The molecule has 7 nitrogen and oxygen atoms in total. The Morgan fingerprint density at radius 3 is 2.29 bits per heavy atom. The normalized spacial score (nSPS) is 11.9. The van der Waals surface area contributed by atoms with E-state index in [0.29, 0.717) is 34.6 Å². The van der Waals surface area contributed by atoms with Gasteiger partial charge in [-0.15, -0.1) is 0 Å². The molecule has 0 spiro atoms. The zero-order valence-corrected chi connectivity index (χ0v) is 24.2. The summed E-state index contributed by atoms with van der Waals surface area (Å²) in [5, 5.41) is 1.06. The predicted molar refractivity (Wildman–Crippen MR) is 154 cm³/mol. The molecule has 0 atom stereocenters. The Hall–Kier alpha value is -2.72. The van der Waals surface area contributed by atoms with Crippen LogP contribution in [0.3, 0.4) is 0 Å². The third-order valence-electron chi connectivity index (χ3n) is 6.32. The minimum Gasteiger partial charge on any atom is -0.467 e. The summed E-state index contributed by atoms with van der Waals surface area (Å²) in [5.74, 6) is 0.286. The number of halogens is 1. The zero-order chi connectivity index (χ0) is 27.3. The highest BCUT2D eigenvalue weighted by Gasteiger charge is 2.26. The van der Waals surface area contributed by atoms with Crippen LogP contribution in [0.5, 0.6) is 0 Å². The van der Waals surface area contributed by atoms with E-state index in [4.69, 9.17) is 21.0 Å². The van der Waals surface area contributed by atoms with Crippen molar-refractivity contribution in [2.45, 2.75) is 57.9 Å². The minimum absolute atomic E-state index is 0.171. The highest BCUT2D eigenvalue weighted by Crippen LogP contribution is 2.36. The Labute approximate surface area is 233 Å². The molecule has 2 heterocycles. The van der Waals surface area contributed by atoms with Crippen molar-refractivity contribution in [3.63, 3.8) is 0 Å². The molecule has 202 valence electrons. The van der Waals surface area contributed by atoms with Crippen LogP contribution >= 0.6 is 22.9 Å². The number of hydrogen-bond acceptors (Lipinski definition) is 6. The van der Waals surface area contributed by atoms with Crippen LogP contribution in [0.4, 0.5) is 5.13 Å². The molecule has 0 radical (unpaired) electrons. The van der Waals surface area contributed by atoms with Crippen LogP contribution in [0.25, 0.3) is 10.2 Å². The number of anilines is 1. The molecule has 0 saturated carbocycles. The van der Waals surface area contributed by atoms with Crippen LogP contribution in [0.2, 0.25) is 5.02 Å². The number of furan rings is 1. The van der Waals surface area contributed by atoms with Gasteiger partial charge in [-0.25, -0.2) is 13.4 Å². The van der Waals surface area contributed by atoms with Crippen molar-refractivity contribution in [3.8, 4) is 0 Å². The molecule has 0 bridgehead atoms. The second-order valence-corrected chi connectivity index (χ2v) is 12.5. The van der Waals surface area contributed by atoms with E-state index >= 15 is 0 Å². The molecule has 0 aliphatic carbocycles. The van der Waals surface area contributed by atoms with Crippen molar-refractivity contribution in [1.29, 1.82) is 0 Å². The van der Waals surface area contributed by atoms with E-state index in [1.165, 1.54) is 28.4 Å². The van der Waals surface area contributed by atoms with E-state index in [2.05, 4.69) is 0 Å². The molecule has 0 saturated heterocycles. The van der Waals surface area contributed by atoms with Gasteiger partial charge in [0.15, 0.2) is 5.13 Å². The average Bonchev–Trinajstić information content (AvgIpc) is 3.60. The fourth-order valence-electron chi connectivity index (χ4n) is 4.09. The molecule has 10 heteroatoms. The summed E-state index contributed by atoms with van der Waals surface area (Å²) >= 11 is 7.76. The number of rotatable bonds is 12. The van der Waals surface area contributed by atoms with Gasteiger partial charge < -0.3 is 4.42 Å². The summed E-state index contributed by atoms with van der Waals surface area (Å²) in [6, 6.07) is 13.4. The first kappa shape index (κ1) is 28.3. The predicted octanol–water partition coefficient (Wildman–Crippen LogP) is 7.29. The summed E-state index contributed by atoms with van der Waals surface area (Å²) < 4.78 is 34.6. The Morgan fingerprint density at radius 1 is 1.03 bits per heavy atom. The van der Waals surface area contributed by atoms with Crippen LogP contribution < -0.4 is 4.90 Å². The summed E-state index contributed by atoms with van der Waals surface area (Å²) in [7, 11) is -3.66. The van der Waals surface area contributed by atoms with Gasteiger partial charge in [-0.1, -0.05) is 55.7 Å². The highest BCUT2D eigenvalue weighted by molar-refractivity contribution is 7.89. The van der Waals surface area contributed by atoms with E-state index in [1.807, 2.05) is 32.9 Å². The zero-order valence-electron chi connectivity index (χ0n) is 21.8. The highest BCUT2D eigenvalue weighted by atomic mass is 35.5. The van der Waals surface area contributed by atoms with Crippen LogP contribution in [-0.4, -0.2) is 36.7 Å². The topological polar surface area (TPSA) is 83.7 Å². The molecule has 4 rings (SSSR count). The lowest BCUT2D eigenvalue weighted by atomic mass is 10.2.